The minimum atomic E-state index is 0.120. The lowest BCUT2D eigenvalue weighted by molar-refractivity contribution is -0.130. The van der Waals surface area contributed by atoms with Gasteiger partial charge in [-0.2, -0.15) is 0 Å². The number of carbonyl (C=O) groups is 1. The standard InChI is InChI=1S/C20H28N6O/c1-14-8-7-10-18(21-14)24-19-12-16(22-15(2)23-19)17-9-5-6-11-26(17)13-20(27)25(3)4/h7-8,10,12,17H,5-6,9,11,13H2,1-4H3,(H,21,22,23,24)/t17-/m1/s1. The molecule has 1 aliphatic rings. The highest BCUT2D eigenvalue weighted by atomic mass is 16.2. The number of rotatable bonds is 5. The summed E-state index contributed by atoms with van der Waals surface area (Å²) < 4.78 is 0. The average Bonchev–Trinajstić information content (AvgIpc) is 2.61. The smallest absolute Gasteiger partial charge is 0.236 e. The third kappa shape index (κ3) is 5.01. The van der Waals surface area contributed by atoms with Gasteiger partial charge in [-0.15, -0.1) is 0 Å². The van der Waals surface area contributed by atoms with E-state index in [0.717, 1.165) is 48.8 Å². The maximum absolute atomic E-state index is 12.2. The number of carbonyl (C=O) groups excluding carboxylic acids is 1. The van der Waals surface area contributed by atoms with Crippen LogP contribution in [0.25, 0.3) is 0 Å². The normalized spacial score (nSPS) is 17.6. The molecule has 1 amide bonds. The van der Waals surface area contributed by atoms with Gasteiger partial charge in [-0.25, -0.2) is 15.0 Å². The summed E-state index contributed by atoms with van der Waals surface area (Å²) in [4.78, 5) is 29.8. The molecule has 2 aromatic rings. The van der Waals surface area contributed by atoms with Gasteiger partial charge in [-0.05, 0) is 45.4 Å². The lowest BCUT2D eigenvalue weighted by Gasteiger charge is -2.35. The summed E-state index contributed by atoms with van der Waals surface area (Å²) >= 11 is 0. The molecule has 3 rings (SSSR count). The maximum atomic E-state index is 12.2. The molecule has 0 unspecified atom stereocenters. The van der Waals surface area contributed by atoms with Gasteiger partial charge in [0, 0.05) is 25.9 Å². The van der Waals surface area contributed by atoms with E-state index in [1.165, 1.54) is 0 Å². The molecule has 1 aliphatic heterocycles. The van der Waals surface area contributed by atoms with Crippen molar-refractivity contribution in [2.24, 2.45) is 0 Å². The molecule has 0 aliphatic carbocycles. The van der Waals surface area contributed by atoms with Crippen LogP contribution in [0.15, 0.2) is 24.3 Å². The Labute approximate surface area is 160 Å². The predicted molar refractivity (Wildman–Crippen MR) is 106 cm³/mol. The second-order valence-corrected chi connectivity index (χ2v) is 7.28. The molecule has 0 spiro atoms. The van der Waals surface area contributed by atoms with Crippen molar-refractivity contribution in [3.05, 3.63) is 41.5 Å². The first-order chi connectivity index (χ1) is 12.9. The van der Waals surface area contributed by atoms with Crippen LogP contribution >= 0.6 is 0 Å². The van der Waals surface area contributed by atoms with Gasteiger partial charge in [0.15, 0.2) is 0 Å². The summed E-state index contributed by atoms with van der Waals surface area (Å²) in [5.74, 6) is 2.34. The number of pyridine rings is 1. The van der Waals surface area contributed by atoms with Gasteiger partial charge in [-0.1, -0.05) is 12.5 Å². The lowest BCUT2D eigenvalue weighted by atomic mass is 9.99. The van der Waals surface area contributed by atoms with E-state index in [2.05, 4.69) is 25.2 Å². The number of likely N-dealkylation sites (N-methyl/N-ethyl adjacent to an activating group) is 1. The van der Waals surface area contributed by atoms with Gasteiger partial charge in [0.1, 0.15) is 17.5 Å². The SMILES string of the molecule is Cc1cccc(Nc2cc([C@H]3CCCCN3CC(=O)N(C)C)nc(C)n2)n1. The van der Waals surface area contributed by atoms with Gasteiger partial charge in [0.25, 0.3) is 0 Å². The minimum absolute atomic E-state index is 0.120. The molecule has 0 saturated carbocycles. The summed E-state index contributed by atoms with van der Waals surface area (Å²) in [7, 11) is 3.60. The number of nitrogens with zero attached hydrogens (tertiary/aromatic N) is 5. The quantitative estimate of drug-likeness (QED) is 0.875. The maximum Gasteiger partial charge on any atom is 0.236 e. The first-order valence-corrected chi connectivity index (χ1v) is 9.43. The Morgan fingerprint density at radius 3 is 2.74 bits per heavy atom. The van der Waals surface area contributed by atoms with E-state index >= 15 is 0 Å². The number of hydrogen-bond donors (Lipinski definition) is 1. The molecule has 0 radical (unpaired) electrons. The molecular weight excluding hydrogens is 340 g/mol. The molecule has 1 N–H and O–H groups in total. The number of anilines is 2. The molecule has 27 heavy (non-hydrogen) atoms. The van der Waals surface area contributed by atoms with Crippen molar-refractivity contribution in [3.8, 4) is 0 Å². The average molecular weight is 368 g/mol. The number of aryl methyl sites for hydroxylation is 2. The van der Waals surface area contributed by atoms with Crippen LogP contribution < -0.4 is 5.32 Å². The van der Waals surface area contributed by atoms with E-state index in [0.29, 0.717) is 12.4 Å². The fourth-order valence-corrected chi connectivity index (χ4v) is 3.40. The van der Waals surface area contributed by atoms with E-state index in [1.54, 1.807) is 19.0 Å². The molecule has 7 heteroatoms. The lowest BCUT2D eigenvalue weighted by Crippen LogP contribution is -2.41. The van der Waals surface area contributed by atoms with Crippen molar-refractivity contribution in [2.75, 3.05) is 32.5 Å². The topological polar surface area (TPSA) is 74.2 Å². The Hall–Kier alpha value is -2.54. The molecule has 7 nitrogen and oxygen atoms in total. The first kappa shape index (κ1) is 19.2. The third-order valence-electron chi connectivity index (χ3n) is 4.79. The first-order valence-electron chi connectivity index (χ1n) is 9.43. The van der Waals surface area contributed by atoms with E-state index < -0.39 is 0 Å². The van der Waals surface area contributed by atoms with Gasteiger partial charge in [-0.3, -0.25) is 9.69 Å². The van der Waals surface area contributed by atoms with Gasteiger partial charge < -0.3 is 10.2 Å². The highest BCUT2D eigenvalue weighted by Gasteiger charge is 2.27. The van der Waals surface area contributed by atoms with E-state index in [1.807, 2.05) is 38.1 Å². The number of aromatic nitrogens is 3. The monoisotopic (exact) mass is 368 g/mol. The summed E-state index contributed by atoms with van der Waals surface area (Å²) in [6, 6.07) is 7.97. The van der Waals surface area contributed by atoms with Crippen LogP contribution in [0.3, 0.4) is 0 Å². The van der Waals surface area contributed by atoms with Gasteiger partial charge in [0.2, 0.25) is 5.91 Å². The number of hydrogen-bond acceptors (Lipinski definition) is 6. The van der Waals surface area contributed by atoms with Crippen molar-refractivity contribution in [1.82, 2.24) is 24.8 Å². The predicted octanol–water partition coefficient (Wildman–Crippen LogP) is 2.85. The van der Waals surface area contributed by atoms with Crippen LogP contribution in [-0.2, 0) is 4.79 Å². The van der Waals surface area contributed by atoms with Crippen molar-refractivity contribution >= 4 is 17.5 Å². The second-order valence-electron chi connectivity index (χ2n) is 7.28. The molecule has 1 fully saturated rings. The van der Waals surface area contributed by atoms with E-state index in [-0.39, 0.29) is 11.9 Å². The summed E-state index contributed by atoms with van der Waals surface area (Å²) in [5, 5.41) is 3.28. The minimum Gasteiger partial charge on any atom is -0.348 e. The number of amides is 1. The van der Waals surface area contributed by atoms with Crippen LogP contribution in [0.2, 0.25) is 0 Å². The second kappa shape index (κ2) is 8.43. The van der Waals surface area contributed by atoms with Gasteiger partial charge in [0.05, 0.1) is 18.3 Å². The van der Waals surface area contributed by atoms with Crippen LogP contribution in [-0.4, -0.2) is 57.8 Å². The molecule has 1 atom stereocenters. The molecular formula is C20H28N6O. The summed E-state index contributed by atoms with van der Waals surface area (Å²) in [5.41, 5.74) is 1.91. The highest BCUT2D eigenvalue weighted by molar-refractivity contribution is 5.77. The Morgan fingerprint density at radius 2 is 2.00 bits per heavy atom. The third-order valence-corrected chi connectivity index (χ3v) is 4.79. The Bertz CT molecular complexity index is 807. The Balaban J connectivity index is 1.83. The van der Waals surface area contributed by atoms with Crippen LogP contribution in [0.5, 0.6) is 0 Å². The molecule has 1 saturated heterocycles. The zero-order chi connectivity index (χ0) is 19.4. The number of piperidine rings is 1. The fourth-order valence-electron chi connectivity index (χ4n) is 3.40. The Morgan fingerprint density at radius 1 is 1.19 bits per heavy atom. The largest absolute Gasteiger partial charge is 0.348 e. The van der Waals surface area contributed by atoms with Crippen molar-refractivity contribution in [2.45, 2.75) is 39.2 Å². The van der Waals surface area contributed by atoms with E-state index in [9.17, 15) is 4.79 Å². The molecule has 0 bridgehead atoms. The van der Waals surface area contributed by atoms with E-state index in [4.69, 9.17) is 0 Å². The molecule has 2 aromatic heterocycles. The number of likely N-dealkylation sites (tertiary alicyclic amines) is 1. The molecule has 0 aromatic carbocycles. The van der Waals surface area contributed by atoms with Crippen LogP contribution in [0.1, 0.15) is 42.5 Å². The summed E-state index contributed by atoms with van der Waals surface area (Å²) in [6.45, 7) is 5.19. The van der Waals surface area contributed by atoms with Gasteiger partial charge >= 0.3 is 0 Å². The Kier molecular flexibility index (Phi) is 6.01. The fraction of sp³-hybridized carbons (Fsp3) is 0.500. The molecule has 3 heterocycles. The zero-order valence-corrected chi connectivity index (χ0v) is 16.6. The van der Waals surface area contributed by atoms with Crippen molar-refractivity contribution in [1.29, 1.82) is 0 Å². The van der Waals surface area contributed by atoms with Crippen LogP contribution in [0.4, 0.5) is 11.6 Å². The molecule has 144 valence electrons. The van der Waals surface area contributed by atoms with Crippen molar-refractivity contribution < 1.29 is 4.79 Å². The highest BCUT2D eigenvalue weighted by Crippen LogP contribution is 2.31. The van der Waals surface area contributed by atoms with Crippen molar-refractivity contribution in [3.63, 3.8) is 0 Å². The van der Waals surface area contributed by atoms with Crippen LogP contribution in [0, 0.1) is 13.8 Å². The number of nitrogens with one attached hydrogen (secondary N) is 1. The zero-order valence-electron chi connectivity index (χ0n) is 16.6. The summed E-state index contributed by atoms with van der Waals surface area (Å²) in [6.07, 6.45) is 3.25.